The summed E-state index contributed by atoms with van der Waals surface area (Å²) in [4.78, 5) is 45.8. The Kier molecular flexibility index (Phi) is 8.21. The van der Waals surface area contributed by atoms with Crippen LogP contribution in [-0.2, 0) is 17.6 Å². The summed E-state index contributed by atoms with van der Waals surface area (Å²) in [5, 5.41) is 2.83. The highest BCUT2D eigenvalue weighted by atomic mass is 16.2. The number of primary amides is 1. The molecule has 2 aromatic carbocycles. The minimum absolute atomic E-state index is 0.0601. The summed E-state index contributed by atoms with van der Waals surface area (Å²) in [5.74, 6) is -0.735. The van der Waals surface area contributed by atoms with Gasteiger partial charge in [0.1, 0.15) is 0 Å². The smallest absolute Gasteiger partial charge is 0.256 e. The second kappa shape index (κ2) is 12.2. The van der Waals surface area contributed by atoms with Gasteiger partial charge in [-0.3, -0.25) is 14.4 Å². The number of fused-ring (bicyclic) bond motifs is 2. The maximum Gasteiger partial charge on any atom is 0.256 e. The Bertz CT molecular complexity index is 1570. The molecular formula is C35H41N5O3. The lowest BCUT2D eigenvalue weighted by molar-refractivity contribution is -0.110. The molecule has 0 radical (unpaired) electrons. The molecule has 0 spiro atoms. The number of hydrogen-bond acceptors (Lipinski definition) is 4. The lowest BCUT2D eigenvalue weighted by atomic mass is 10.0. The molecule has 3 amide bonds. The van der Waals surface area contributed by atoms with E-state index in [1.807, 2.05) is 18.7 Å². The van der Waals surface area contributed by atoms with Gasteiger partial charge < -0.3 is 25.8 Å². The van der Waals surface area contributed by atoms with Crippen molar-refractivity contribution in [2.24, 2.45) is 5.73 Å². The van der Waals surface area contributed by atoms with Crippen LogP contribution in [0.2, 0.25) is 0 Å². The van der Waals surface area contributed by atoms with Crippen molar-refractivity contribution < 1.29 is 14.4 Å². The molecule has 2 saturated heterocycles. The van der Waals surface area contributed by atoms with Crippen molar-refractivity contribution in [1.82, 2.24) is 14.8 Å². The van der Waals surface area contributed by atoms with E-state index in [-0.39, 0.29) is 17.9 Å². The van der Waals surface area contributed by atoms with Gasteiger partial charge in [0, 0.05) is 47.3 Å². The predicted molar refractivity (Wildman–Crippen MR) is 170 cm³/mol. The third kappa shape index (κ3) is 5.89. The number of rotatable bonds is 5. The Labute approximate surface area is 253 Å². The second-order valence-corrected chi connectivity index (χ2v) is 12.2. The zero-order valence-electron chi connectivity index (χ0n) is 25.2. The van der Waals surface area contributed by atoms with E-state index >= 15 is 0 Å². The van der Waals surface area contributed by atoms with Crippen LogP contribution >= 0.6 is 0 Å². The zero-order valence-corrected chi connectivity index (χ0v) is 25.2. The maximum atomic E-state index is 13.6. The summed E-state index contributed by atoms with van der Waals surface area (Å²) in [6.45, 7) is 7.80. The summed E-state index contributed by atoms with van der Waals surface area (Å²) in [6, 6.07) is 13.9. The predicted octanol–water partition coefficient (Wildman–Crippen LogP) is 5.10. The topological polar surface area (TPSA) is 112 Å². The number of hydrogen-bond donors (Lipinski definition) is 3. The molecule has 1 aromatic heterocycles. The minimum Gasteiger partial charge on any atom is -0.366 e. The van der Waals surface area contributed by atoms with Crippen molar-refractivity contribution >= 4 is 35.1 Å². The molecular weight excluding hydrogens is 538 g/mol. The van der Waals surface area contributed by atoms with E-state index in [0.29, 0.717) is 28.0 Å². The Hall–Kier alpha value is -4.17. The highest BCUT2D eigenvalue weighted by Crippen LogP contribution is 2.35. The monoisotopic (exact) mass is 579 g/mol. The number of benzene rings is 2. The first-order valence-corrected chi connectivity index (χ1v) is 15.6. The Balaban J connectivity index is 0.000000310. The third-order valence-corrected chi connectivity index (χ3v) is 9.38. The van der Waals surface area contributed by atoms with Gasteiger partial charge in [0.05, 0.1) is 11.1 Å². The summed E-state index contributed by atoms with van der Waals surface area (Å²) >= 11 is 0. The van der Waals surface area contributed by atoms with Crippen molar-refractivity contribution in [3.8, 4) is 0 Å². The van der Waals surface area contributed by atoms with E-state index in [0.717, 1.165) is 56.0 Å². The molecule has 8 nitrogen and oxygen atoms in total. The van der Waals surface area contributed by atoms with E-state index in [9.17, 15) is 14.4 Å². The summed E-state index contributed by atoms with van der Waals surface area (Å²) in [6.07, 6.45) is 10.3. The summed E-state index contributed by atoms with van der Waals surface area (Å²) < 4.78 is 0. The number of H-pyrrole nitrogens is 1. The van der Waals surface area contributed by atoms with Crippen LogP contribution in [0, 0.1) is 13.8 Å². The number of anilines is 1. The van der Waals surface area contributed by atoms with Crippen LogP contribution in [0.15, 0.2) is 42.5 Å². The maximum absolute atomic E-state index is 13.6. The summed E-state index contributed by atoms with van der Waals surface area (Å²) in [5.41, 5.74) is 13.6. The van der Waals surface area contributed by atoms with Crippen LogP contribution in [0.1, 0.15) is 86.5 Å². The van der Waals surface area contributed by atoms with Crippen LogP contribution in [0.25, 0.3) is 11.6 Å². The number of likely N-dealkylation sites (tertiary alicyclic amines) is 2. The fourth-order valence-electron chi connectivity index (χ4n) is 7.08. The van der Waals surface area contributed by atoms with Crippen molar-refractivity contribution in [1.29, 1.82) is 0 Å². The minimum atomic E-state index is -0.546. The number of carbonyl (C=O) groups excluding carboxylic acids is 3. The molecule has 0 bridgehead atoms. The summed E-state index contributed by atoms with van der Waals surface area (Å²) in [7, 11) is 0. The van der Waals surface area contributed by atoms with Gasteiger partial charge in [0.2, 0.25) is 5.91 Å². The highest BCUT2D eigenvalue weighted by molar-refractivity contribution is 6.35. The van der Waals surface area contributed by atoms with E-state index in [1.165, 1.54) is 32.1 Å². The first kappa shape index (κ1) is 28.9. The van der Waals surface area contributed by atoms with Crippen molar-refractivity contribution in [3.05, 3.63) is 87.2 Å². The average Bonchev–Trinajstić information content (AvgIpc) is 3.82. The fourth-order valence-corrected chi connectivity index (χ4v) is 7.08. The van der Waals surface area contributed by atoms with Crippen LogP contribution in [0.4, 0.5) is 5.69 Å². The lowest BCUT2D eigenvalue weighted by Gasteiger charge is -2.28. The largest absolute Gasteiger partial charge is 0.366 e. The van der Waals surface area contributed by atoms with Crippen molar-refractivity contribution in [2.75, 3.05) is 31.5 Å². The van der Waals surface area contributed by atoms with Gasteiger partial charge in [-0.1, -0.05) is 24.3 Å². The molecule has 8 heteroatoms. The van der Waals surface area contributed by atoms with E-state index in [2.05, 4.69) is 39.5 Å². The fraction of sp³-hybridized carbons (Fsp3) is 0.400. The second-order valence-electron chi connectivity index (χ2n) is 12.2. The molecule has 2 fully saturated rings. The van der Waals surface area contributed by atoms with Gasteiger partial charge in [-0.2, -0.15) is 0 Å². The number of aromatic nitrogens is 1. The molecule has 4 N–H and O–H groups in total. The SMILES string of the molecule is Cc1[nH]c(/C=C2\C(=O)Nc3ccc(C(N)=O)cc32)c(C)c1C(=O)N1CCC[C@@H]1CN1CCCC1.c1ccc2c(c1)CCC2. The van der Waals surface area contributed by atoms with Gasteiger partial charge in [0.15, 0.2) is 0 Å². The Morgan fingerprint density at radius 1 is 0.977 bits per heavy atom. The first-order valence-electron chi connectivity index (χ1n) is 15.6. The van der Waals surface area contributed by atoms with Gasteiger partial charge >= 0.3 is 0 Å². The number of aryl methyl sites for hydroxylation is 3. The molecule has 1 aliphatic carbocycles. The van der Waals surface area contributed by atoms with Gasteiger partial charge in [-0.05, 0) is 113 Å². The number of nitrogens with one attached hydrogen (secondary N) is 2. The number of aromatic amines is 1. The molecule has 4 heterocycles. The molecule has 0 saturated carbocycles. The van der Waals surface area contributed by atoms with Gasteiger partial charge in [-0.15, -0.1) is 0 Å². The molecule has 0 unspecified atom stereocenters. The number of carbonyl (C=O) groups is 3. The Morgan fingerprint density at radius 3 is 2.40 bits per heavy atom. The standard InChI is InChI=1S/C26H31N5O3.C9H10/c1-15-22(13-20-19-12-17(24(27)32)7-8-21(19)29-25(20)33)28-16(2)23(15)26(34)31-11-5-6-18(31)14-30-9-3-4-10-30;1-2-5-9-7-3-6-8(9)4-1/h7-8,12-13,18,28H,3-6,9-11,14H2,1-2H3,(H2,27,32)(H,29,33);1-2,4-5H,3,6-7H2/b20-13-;/t18-;/m1./s1. The lowest BCUT2D eigenvalue weighted by Crippen LogP contribution is -2.42. The van der Waals surface area contributed by atoms with E-state index in [1.54, 1.807) is 35.4 Å². The highest BCUT2D eigenvalue weighted by Gasteiger charge is 2.34. The van der Waals surface area contributed by atoms with Crippen molar-refractivity contribution in [2.45, 2.75) is 64.8 Å². The molecule has 7 rings (SSSR count). The number of amides is 3. The molecule has 4 aliphatic rings. The van der Waals surface area contributed by atoms with Crippen molar-refractivity contribution in [3.63, 3.8) is 0 Å². The molecule has 1 atom stereocenters. The van der Waals surface area contributed by atoms with E-state index < -0.39 is 5.91 Å². The van der Waals surface area contributed by atoms with Crippen LogP contribution < -0.4 is 11.1 Å². The first-order chi connectivity index (χ1) is 20.8. The molecule has 43 heavy (non-hydrogen) atoms. The normalized spacial score (nSPS) is 20.1. The molecule has 224 valence electrons. The van der Waals surface area contributed by atoms with Crippen LogP contribution in [-0.4, -0.2) is 64.7 Å². The zero-order chi connectivity index (χ0) is 30.1. The Morgan fingerprint density at radius 2 is 1.70 bits per heavy atom. The number of nitrogens with two attached hydrogens (primary N) is 1. The quantitative estimate of drug-likeness (QED) is 0.365. The molecule has 3 aromatic rings. The van der Waals surface area contributed by atoms with Crippen LogP contribution in [0.5, 0.6) is 0 Å². The third-order valence-electron chi connectivity index (χ3n) is 9.38. The van der Waals surface area contributed by atoms with Crippen LogP contribution in [0.3, 0.4) is 0 Å². The van der Waals surface area contributed by atoms with Gasteiger partial charge in [0.25, 0.3) is 11.8 Å². The molecule has 3 aliphatic heterocycles. The number of nitrogens with zero attached hydrogens (tertiary/aromatic N) is 2. The van der Waals surface area contributed by atoms with E-state index in [4.69, 9.17) is 5.73 Å². The average molecular weight is 580 g/mol. The van der Waals surface area contributed by atoms with Gasteiger partial charge in [-0.25, -0.2) is 0 Å².